The Bertz CT molecular complexity index is 1050. The molecular formula is C26H30N4O. The van der Waals surface area contributed by atoms with Gasteiger partial charge >= 0.3 is 0 Å². The molecule has 2 aliphatic rings. The number of carbonyl (C=O) groups is 1. The molecule has 0 spiro atoms. The first-order valence-electron chi connectivity index (χ1n) is 11.4. The number of piperazine rings is 1. The third-order valence-electron chi connectivity index (χ3n) is 6.59. The molecule has 3 aromatic rings. The SMILES string of the molecule is Cc1ccc(CC(=O)N2CCN(Cc3nn(-c4ccccc4)c4c3CCC4)CC2)cc1. The van der Waals surface area contributed by atoms with Crippen molar-refractivity contribution in [2.45, 2.75) is 39.2 Å². The van der Waals surface area contributed by atoms with E-state index in [0.29, 0.717) is 6.42 Å². The standard InChI is InChI=1S/C26H30N4O/c1-20-10-12-21(13-11-20)18-26(31)29-16-14-28(15-17-29)19-24-23-8-5-9-25(23)30(27-24)22-6-3-2-4-7-22/h2-4,6-7,10-13H,5,8-9,14-19H2,1H3. The number of para-hydroxylation sites is 1. The summed E-state index contributed by atoms with van der Waals surface area (Å²) in [5, 5.41) is 5.01. The second-order valence-electron chi connectivity index (χ2n) is 8.79. The lowest BCUT2D eigenvalue weighted by molar-refractivity contribution is -0.132. The number of aromatic nitrogens is 2. The fraction of sp³-hybridized carbons (Fsp3) is 0.385. The van der Waals surface area contributed by atoms with Crippen molar-refractivity contribution in [3.05, 3.63) is 82.7 Å². The Morgan fingerprint density at radius 3 is 2.42 bits per heavy atom. The van der Waals surface area contributed by atoms with E-state index < -0.39 is 0 Å². The van der Waals surface area contributed by atoms with Gasteiger partial charge in [0.1, 0.15) is 0 Å². The van der Waals surface area contributed by atoms with E-state index in [1.165, 1.54) is 28.9 Å². The lowest BCUT2D eigenvalue weighted by atomic mass is 10.1. The molecular weight excluding hydrogens is 384 g/mol. The van der Waals surface area contributed by atoms with E-state index >= 15 is 0 Å². The molecule has 2 heterocycles. The van der Waals surface area contributed by atoms with Crippen LogP contribution in [0.25, 0.3) is 5.69 Å². The van der Waals surface area contributed by atoms with Crippen LogP contribution >= 0.6 is 0 Å². The first kappa shape index (κ1) is 20.0. The van der Waals surface area contributed by atoms with Crippen molar-refractivity contribution in [3.63, 3.8) is 0 Å². The zero-order valence-electron chi connectivity index (χ0n) is 18.3. The van der Waals surface area contributed by atoms with Crippen molar-refractivity contribution in [1.82, 2.24) is 19.6 Å². The number of rotatable bonds is 5. The van der Waals surface area contributed by atoms with E-state index in [0.717, 1.165) is 56.8 Å². The highest BCUT2D eigenvalue weighted by Gasteiger charge is 2.26. The normalized spacial score (nSPS) is 16.5. The molecule has 1 aliphatic carbocycles. The summed E-state index contributed by atoms with van der Waals surface area (Å²) >= 11 is 0. The molecule has 160 valence electrons. The van der Waals surface area contributed by atoms with Crippen molar-refractivity contribution in [2.75, 3.05) is 26.2 Å². The van der Waals surface area contributed by atoms with Gasteiger partial charge in [0, 0.05) is 38.4 Å². The second-order valence-corrected chi connectivity index (χ2v) is 8.79. The number of hydrogen-bond acceptors (Lipinski definition) is 3. The third kappa shape index (κ3) is 4.28. The first-order valence-corrected chi connectivity index (χ1v) is 11.4. The number of carbonyl (C=O) groups excluding carboxylic acids is 1. The van der Waals surface area contributed by atoms with E-state index in [1.807, 2.05) is 11.0 Å². The Morgan fingerprint density at radius 2 is 1.68 bits per heavy atom. The zero-order chi connectivity index (χ0) is 21.2. The van der Waals surface area contributed by atoms with Gasteiger partial charge in [0.2, 0.25) is 5.91 Å². The van der Waals surface area contributed by atoms with Gasteiger partial charge in [-0.2, -0.15) is 5.10 Å². The molecule has 1 amide bonds. The number of aryl methyl sites for hydroxylation is 1. The van der Waals surface area contributed by atoms with Gasteiger partial charge < -0.3 is 4.90 Å². The van der Waals surface area contributed by atoms with Crippen LogP contribution < -0.4 is 0 Å². The molecule has 5 nitrogen and oxygen atoms in total. The van der Waals surface area contributed by atoms with Gasteiger partial charge in [-0.05, 0) is 49.4 Å². The smallest absolute Gasteiger partial charge is 0.227 e. The highest BCUT2D eigenvalue weighted by atomic mass is 16.2. The summed E-state index contributed by atoms with van der Waals surface area (Å²) in [6.07, 6.45) is 3.95. The molecule has 0 unspecified atom stereocenters. The summed E-state index contributed by atoms with van der Waals surface area (Å²) in [5.41, 5.74) is 7.52. The molecule has 1 saturated heterocycles. The highest BCUT2D eigenvalue weighted by molar-refractivity contribution is 5.78. The number of nitrogens with zero attached hydrogens (tertiary/aromatic N) is 4. The van der Waals surface area contributed by atoms with Gasteiger partial charge in [0.25, 0.3) is 0 Å². The van der Waals surface area contributed by atoms with Crippen LogP contribution in [0.1, 0.15) is 34.5 Å². The molecule has 1 aromatic heterocycles. The average molecular weight is 415 g/mol. The van der Waals surface area contributed by atoms with Gasteiger partial charge in [-0.25, -0.2) is 4.68 Å². The van der Waals surface area contributed by atoms with Gasteiger partial charge in [-0.3, -0.25) is 9.69 Å². The number of fused-ring (bicyclic) bond motifs is 1. The number of amides is 1. The zero-order valence-corrected chi connectivity index (χ0v) is 18.3. The van der Waals surface area contributed by atoms with Crippen molar-refractivity contribution in [3.8, 4) is 5.69 Å². The van der Waals surface area contributed by atoms with E-state index in [4.69, 9.17) is 5.10 Å². The van der Waals surface area contributed by atoms with Crippen LogP contribution in [0.2, 0.25) is 0 Å². The lowest BCUT2D eigenvalue weighted by Crippen LogP contribution is -2.48. The van der Waals surface area contributed by atoms with Crippen LogP contribution in [0.15, 0.2) is 54.6 Å². The van der Waals surface area contributed by atoms with Crippen LogP contribution in [-0.4, -0.2) is 51.7 Å². The molecule has 0 atom stereocenters. The molecule has 1 fully saturated rings. The predicted molar refractivity (Wildman–Crippen MR) is 122 cm³/mol. The largest absolute Gasteiger partial charge is 0.340 e. The molecule has 0 N–H and O–H groups in total. The van der Waals surface area contributed by atoms with Crippen LogP contribution in [-0.2, 0) is 30.6 Å². The Balaban J connectivity index is 1.21. The monoisotopic (exact) mass is 414 g/mol. The van der Waals surface area contributed by atoms with Crippen LogP contribution in [0.3, 0.4) is 0 Å². The molecule has 31 heavy (non-hydrogen) atoms. The number of hydrogen-bond donors (Lipinski definition) is 0. The van der Waals surface area contributed by atoms with Gasteiger partial charge in [-0.15, -0.1) is 0 Å². The van der Waals surface area contributed by atoms with Crippen molar-refractivity contribution < 1.29 is 4.79 Å². The molecule has 5 heteroatoms. The van der Waals surface area contributed by atoms with E-state index in [2.05, 4.69) is 65.0 Å². The fourth-order valence-electron chi connectivity index (χ4n) is 4.78. The summed E-state index contributed by atoms with van der Waals surface area (Å²) in [6.45, 7) is 6.36. The van der Waals surface area contributed by atoms with Crippen molar-refractivity contribution >= 4 is 5.91 Å². The van der Waals surface area contributed by atoms with Crippen LogP contribution in [0, 0.1) is 6.92 Å². The third-order valence-corrected chi connectivity index (χ3v) is 6.59. The summed E-state index contributed by atoms with van der Waals surface area (Å²) in [7, 11) is 0. The molecule has 5 rings (SSSR count). The van der Waals surface area contributed by atoms with E-state index in [1.54, 1.807) is 0 Å². The summed E-state index contributed by atoms with van der Waals surface area (Å²) < 4.78 is 2.15. The average Bonchev–Trinajstić information content (AvgIpc) is 3.40. The summed E-state index contributed by atoms with van der Waals surface area (Å²) in [4.78, 5) is 17.2. The van der Waals surface area contributed by atoms with Crippen LogP contribution in [0.5, 0.6) is 0 Å². The first-order chi connectivity index (χ1) is 15.2. The fourth-order valence-corrected chi connectivity index (χ4v) is 4.78. The predicted octanol–water partition coefficient (Wildman–Crippen LogP) is 3.56. The summed E-state index contributed by atoms with van der Waals surface area (Å²) in [6, 6.07) is 18.7. The Labute approximate surface area is 184 Å². The van der Waals surface area contributed by atoms with Gasteiger partial charge in [0.15, 0.2) is 0 Å². The van der Waals surface area contributed by atoms with Gasteiger partial charge in [-0.1, -0.05) is 48.0 Å². The molecule has 1 aliphatic heterocycles. The summed E-state index contributed by atoms with van der Waals surface area (Å²) in [5.74, 6) is 0.234. The Hall–Kier alpha value is -2.92. The topological polar surface area (TPSA) is 41.4 Å². The number of benzene rings is 2. The quantitative estimate of drug-likeness (QED) is 0.641. The van der Waals surface area contributed by atoms with Crippen molar-refractivity contribution in [2.24, 2.45) is 0 Å². The molecule has 0 bridgehead atoms. The maximum Gasteiger partial charge on any atom is 0.227 e. The molecule has 0 saturated carbocycles. The lowest BCUT2D eigenvalue weighted by Gasteiger charge is -2.34. The second kappa shape index (κ2) is 8.67. The Kier molecular flexibility index (Phi) is 5.60. The molecule has 0 radical (unpaired) electrons. The Morgan fingerprint density at radius 1 is 0.935 bits per heavy atom. The van der Waals surface area contributed by atoms with Crippen molar-refractivity contribution in [1.29, 1.82) is 0 Å². The van der Waals surface area contributed by atoms with E-state index in [-0.39, 0.29) is 5.91 Å². The maximum atomic E-state index is 12.7. The van der Waals surface area contributed by atoms with E-state index in [9.17, 15) is 4.79 Å². The minimum atomic E-state index is 0.234. The highest BCUT2D eigenvalue weighted by Crippen LogP contribution is 2.28. The minimum absolute atomic E-state index is 0.234. The van der Waals surface area contributed by atoms with Gasteiger partial charge in [0.05, 0.1) is 17.8 Å². The maximum absolute atomic E-state index is 12.7. The van der Waals surface area contributed by atoms with Crippen LogP contribution in [0.4, 0.5) is 0 Å². The minimum Gasteiger partial charge on any atom is -0.340 e. The molecule has 2 aromatic carbocycles.